The lowest BCUT2D eigenvalue weighted by molar-refractivity contribution is 0.482. The molecule has 5 nitrogen and oxygen atoms in total. The molecule has 10 rings (SSSR count). The third kappa shape index (κ3) is 5.27. The number of hydrogen-bond donors (Lipinski definition) is 1. The predicted octanol–water partition coefficient (Wildman–Crippen LogP) is 11.2. The van der Waals surface area contributed by atoms with Crippen LogP contribution in [0.2, 0.25) is 0 Å². The van der Waals surface area contributed by atoms with Gasteiger partial charge in [0.1, 0.15) is 23.2 Å². The van der Waals surface area contributed by atoms with Crippen LogP contribution in [-0.2, 0) is 0 Å². The van der Waals surface area contributed by atoms with Gasteiger partial charge in [0, 0.05) is 44.8 Å². The first-order chi connectivity index (χ1) is 25.7. The van der Waals surface area contributed by atoms with Crippen LogP contribution >= 0.6 is 0 Å². The molecule has 0 bridgehead atoms. The van der Waals surface area contributed by atoms with Gasteiger partial charge in [0.25, 0.3) is 0 Å². The van der Waals surface area contributed by atoms with E-state index in [2.05, 4.69) is 137 Å². The molecule has 0 saturated heterocycles. The fourth-order valence-corrected chi connectivity index (χ4v) is 7.30. The molecule has 8 aromatic rings. The molecule has 1 unspecified atom stereocenters. The van der Waals surface area contributed by atoms with Crippen LogP contribution in [0.4, 0.5) is 0 Å². The highest BCUT2D eigenvalue weighted by Crippen LogP contribution is 2.41. The number of para-hydroxylation sites is 2. The van der Waals surface area contributed by atoms with Crippen molar-refractivity contribution in [2.24, 2.45) is 9.98 Å². The second kappa shape index (κ2) is 12.4. The molecule has 0 amide bonds. The molecule has 5 heteroatoms. The normalized spacial score (nSPS) is 14.8. The highest BCUT2D eigenvalue weighted by molar-refractivity contribution is 6.16. The molecule has 2 aliphatic rings. The molecule has 1 N–H and O–H groups in total. The maximum absolute atomic E-state index is 6.53. The van der Waals surface area contributed by atoms with Crippen LogP contribution in [0.3, 0.4) is 0 Å². The molecule has 1 aromatic heterocycles. The number of benzene rings is 7. The van der Waals surface area contributed by atoms with E-state index in [0.717, 1.165) is 78.8 Å². The lowest BCUT2D eigenvalue weighted by Gasteiger charge is -2.22. The van der Waals surface area contributed by atoms with Gasteiger partial charge < -0.3 is 14.6 Å². The lowest BCUT2D eigenvalue weighted by Crippen LogP contribution is -2.36. The van der Waals surface area contributed by atoms with Gasteiger partial charge in [-0.3, -0.25) is 0 Å². The van der Waals surface area contributed by atoms with Crippen LogP contribution in [0.15, 0.2) is 180 Å². The largest absolute Gasteiger partial charge is 0.456 e. The van der Waals surface area contributed by atoms with Gasteiger partial charge in [0.15, 0.2) is 6.17 Å². The first-order valence-electron chi connectivity index (χ1n) is 17.5. The fraction of sp³-hybridized carbons (Fsp3) is 0.0213. The maximum Gasteiger partial charge on any atom is 0.169 e. The first kappa shape index (κ1) is 29.9. The van der Waals surface area contributed by atoms with Crippen LogP contribution in [-0.4, -0.2) is 16.2 Å². The van der Waals surface area contributed by atoms with Gasteiger partial charge in [-0.25, -0.2) is 9.98 Å². The predicted molar refractivity (Wildman–Crippen MR) is 213 cm³/mol. The molecule has 0 fully saturated rings. The van der Waals surface area contributed by atoms with E-state index >= 15 is 0 Å². The summed E-state index contributed by atoms with van der Waals surface area (Å²) in [5, 5.41) is 5.94. The Hall–Kier alpha value is -6.98. The van der Waals surface area contributed by atoms with Crippen molar-refractivity contribution >= 4 is 45.6 Å². The molecule has 7 aromatic carbocycles. The van der Waals surface area contributed by atoms with Crippen LogP contribution in [0.25, 0.3) is 50.8 Å². The maximum atomic E-state index is 6.53. The average molecular weight is 669 g/mol. The molecule has 52 heavy (non-hydrogen) atoms. The van der Waals surface area contributed by atoms with Crippen molar-refractivity contribution in [3.63, 3.8) is 0 Å². The Bertz CT molecular complexity index is 2740. The zero-order chi connectivity index (χ0) is 34.4. The number of aliphatic imine (C=N–C) groups is 2. The van der Waals surface area contributed by atoms with Gasteiger partial charge >= 0.3 is 0 Å². The average Bonchev–Trinajstić information content (AvgIpc) is 3.41. The van der Waals surface area contributed by atoms with Gasteiger partial charge in [0.2, 0.25) is 0 Å². The van der Waals surface area contributed by atoms with Gasteiger partial charge in [-0.15, -0.1) is 0 Å². The van der Waals surface area contributed by atoms with E-state index < -0.39 is 0 Å². The highest BCUT2D eigenvalue weighted by atomic mass is 16.5. The second-order valence-corrected chi connectivity index (χ2v) is 13.1. The monoisotopic (exact) mass is 668 g/mol. The number of amidine groups is 2. The molecule has 1 atom stereocenters. The number of rotatable bonds is 5. The lowest BCUT2D eigenvalue weighted by atomic mass is 10.0. The molecular formula is C47H32N4O. The molecular weight excluding hydrogens is 637 g/mol. The summed E-state index contributed by atoms with van der Waals surface area (Å²) >= 11 is 0. The minimum atomic E-state index is -0.349. The Balaban J connectivity index is 1.06. The summed E-state index contributed by atoms with van der Waals surface area (Å²) in [6, 6.07) is 59.1. The third-order valence-corrected chi connectivity index (χ3v) is 9.84. The summed E-state index contributed by atoms with van der Waals surface area (Å²) in [5.74, 6) is 3.30. The Kier molecular flexibility index (Phi) is 7.14. The molecule has 0 radical (unpaired) electrons. The minimum absolute atomic E-state index is 0.349. The van der Waals surface area contributed by atoms with Crippen LogP contribution in [0.1, 0.15) is 34.0 Å². The van der Waals surface area contributed by atoms with Crippen LogP contribution in [0, 0.1) is 0 Å². The van der Waals surface area contributed by atoms with E-state index in [9.17, 15) is 0 Å². The summed E-state index contributed by atoms with van der Waals surface area (Å²) < 4.78 is 8.88. The van der Waals surface area contributed by atoms with Crippen LogP contribution in [0.5, 0.6) is 11.5 Å². The first-order valence-corrected chi connectivity index (χ1v) is 17.5. The minimum Gasteiger partial charge on any atom is -0.456 e. The van der Waals surface area contributed by atoms with Crippen molar-refractivity contribution < 1.29 is 4.74 Å². The summed E-state index contributed by atoms with van der Waals surface area (Å²) in [7, 11) is 0. The quantitative estimate of drug-likeness (QED) is 0.198. The van der Waals surface area contributed by atoms with Crippen molar-refractivity contribution in [3.05, 3.63) is 198 Å². The van der Waals surface area contributed by atoms with Crippen LogP contribution < -0.4 is 10.1 Å². The van der Waals surface area contributed by atoms with E-state index in [0.29, 0.717) is 0 Å². The third-order valence-electron chi connectivity index (χ3n) is 9.84. The Morgan fingerprint density at radius 2 is 1.12 bits per heavy atom. The number of nitrogens with one attached hydrogen (secondary N) is 1. The van der Waals surface area contributed by atoms with Crippen molar-refractivity contribution in [1.29, 1.82) is 0 Å². The summed E-state index contributed by atoms with van der Waals surface area (Å²) in [6.45, 7) is 0. The van der Waals surface area contributed by atoms with Gasteiger partial charge in [-0.05, 0) is 53.1 Å². The highest BCUT2D eigenvalue weighted by Gasteiger charge is 2.22. The topological polar surface area (TPSA) is 50.9 Å². The molecule has 3 heterocycles. The standard InChI is InChI=1S/C47H32N4O/c1-3-14-32(15-4-1)45-48-46(33-16-5-2-6-17-33)50-47(49-45)37-20-11-18-34(27-37)35-19-12-21-38(28-35)51-41-23-9-8-22-39(41)40-29-36-26-25-31-13-7-10-24-43(31)52-44(36)30-42(40)51/h1-30,45H,(H,48,49,50). The fourth-order valence-electron chi connectivity index (χ4n) is 7.30. The van der Waals surface area contributed by atoms with E-state index in [-0.39, 0.29) is 6.17 Å². The second-order valence-electron chi connectivity index (χ2n) is 13.1. The number of hydrogen-bond acceptors (Lipinski definition) is 4. The molecule has 0 aliphatic carbocycles. The van der Waals surface area contributed by atoms with E-state index in [1.54, 1.807) is 0 Å². The molecule has 0 saturated carbocycles. The van der Waals surface area contributed by atoms with Crippen molar-refractivity contribution in [2.45, 2.75) is 6.17 Å². The zero-order valence-electron chi connectivity index (χ0n) is 28.1. The molecule has 2 aliphatic heterocycles. The van der Waals surface area contributed by atoms with Crippen molar-refractivity contribution in [1.82, 2.24) is 9.88 Å². The molecule has 246 valence electrons. The summed E-state index contributed by atoms with van der Waals surface area (Å²) in [6.07, 6.45) is 3.94. The number of nitrogens with zero attached hydrogens (tertiary/aromatic N) is 3. The van der Waals surface area contributed by atoms with Gasteiger partial charge in [0.05, 0.1) is 11.0 Å². The number of aromatic nitrogens is 1. The van der Waals surface area contributed by atoms with E-state index in [1.165, 1.54) is 10.8 Å². The SMILES string of the molecule is C1=Cc2cc3c4ccccc4n(-c4cccc(-c5cccc(C6=NC(c7ccccc7)N=C(c7ccccc7)N6)c5)c4)c3cc2Oc2ccccc21. The van der Waals surface area contributed by atoms with Gasteiger partial charge in [-0.1, -0.05) is 140 Å². The number of ether oxygens (including phenoxy) is 1. The van der Waals surface area contributed by atoms with Crippen molar-refractivity contribution in [2.75, 3.05) is 0 Å². The smallest absolute Gasteiger partial charge is 0.169 e. The van der Waals surface area contributed by atoms with Crippen molar-refractivity contribution in [3.8, 4) is 28.3 Å². The summed E-state index contributed by atoms with van der Waals surface area (Å²) in [4.78, 5) is 10.1. The zero-order valence-corrected chi connectivity index (χ0v) is 28.1. The van der Waals surface area contributed by atoms with E-state index in [4.69, 9.17) is 14.7 Å². The van der Waals surface area contributed by atoms with E-state index in [1.807, 2.05) is 54.6 Å². The number of fused-ring (bicyclic) bond motifs is 5. The summed E-state index contributed by atoms with van der Waals surface area (Å²) in [5.41, 5.74) is 10.7. The Labute approximate surface area is 301 Å². The Morgan fingerprint density at radius 3 is 1.98 bits per heavy atom. The van der Waals surface area contributed by atoms with Gasteiger partial charge in [-0.2, -0.15) is 0 Å². The Morgan fingerprint density at radius 1 is 0.462 bits per heavy atom. The molecule has 0 spiro atoms.